The zero-order chi connectivity index (χ0) is 22.7. The predicted octanol–water partition coefficient (Wildman–Crippen LogP) is 4.81. The summed E-state index contributed by atoms with van der Waals surface area (Å²) in [5, 5.41) is 23.8. The zero-order valence-corrected chi connectivity index (χ0v) is 17.4. The van der Waals surface area contributed by atoms with E-state index < -0.39 is 10.8 Å². The van der Waals surface area contributed by atoms with Crippen LogP contribution in [0.4, 0.5) is 11.5 Å². The van der Waals surface area contributed by atoms with E-state index in [2.05, 4.69) is 23.3 Å². The van der Waals surface area contributed by atoms with Gasteiger partial charge in [-0.1, -0.05) is 38.0 Å². The molecule has 0 atom stereocenters. The smallest absolute Gasteiger partial charge is 0.270 e. The summed E-state index contributed by atoms with van der Waals surface area (Å²) >= 11 is 0. The molecule has 0 saturated heterocycles. The topological polar surface area (TPSA) is 127 Å². The van der Waals surface area contributed by atoms with Gasteiger partial charge in [-0.05, 0) is 24.6 Å². The van der Waals surface area contributed by atoms with Crippen molar-refractivity contribution in [2.75, 3.05) is 5.32 Å². The number of amides is 1. The normalized spacial score (nSPS) is 10.9. The number of rotatable bonds is 7. The number of hydrogen-bond donors (Lipinski definition) is 1. The number of nitrogens with zero attached hydrogens (tertiary/aromatic N) is 5. The molecule has 0 spiro atoms. The molecule has 0 aliphatic carbocycles. The van der Waals surface area contributed by atoms with Crippen molar-refractivity contribution in [3.63, 3.8) is 0 Å². The number of non-ortho nitro benzene ring substituents is 1. The average molecular weight is 428 g/mol. The highest BCUT2D eigenvalue weighted by Gasteiger charge is 2.23. The molecular formula is C23H20N6O3. The maximum absolute atomic E-state index is 13.0. The van der Waals surface area contributed by atoms with Gasteiger partial charge < -0.3 is 9.88 Å². The monoisotopic (exact) mass is 428 g/mol. The van der Waals surface area contributed by atoms with Gasteiger partial charge in [0.05, 0.1) is 16.0 Å². The Hall–Kier alpha value is -4.32. The van der Waals surface area contributed by atoms with Crippen LogP contribution in [0.2, 0.25) is 0 Å². The molecular weight excluding hydrogens is 408 g/mol. The van der Waals surface area contributed by atoms with Crippen molar-refractivity contribution in [1.82, 2.24) is 14.5 Å². The van der Waals surface area contributed by atoms with Crippen LogP contribution in [0.25, 0.3) is 22.2 Å². The van der Waals surface area contributed by atoms with Crippen molar-refractivity contribution < 1.29 is 9.72 Å². The van der Waals surface area contributed by atoms with Crippen molar-refractivity contribution in [2.45, 2.75) is 32.7 Å². The Balaban J connectivity index is 1.84. The first kappa shape index (κ1) is 20.9. The second-order valence-corrected chi connectivity index (χ2v) is 7.34. The fourth-order valence-electron chi connectivity index (χ4n) is 3.61. The van der Waals surface area contributed by atoms with Crippen LogP contribution in [0.5, 0.6) is 0 Å². The van der Waals surface area contributed by atoms with E-state index in [4.69, 9.17) is 4.98 Å². The van der Waals surface area contributed by atoms with Crippen LogP contribution in [0, 0.1) is 21.4 Å². The molecule has 9 heteroatoms. The minimum Gasteiger partial charge on any atom is -0.309 e. The third-order valence-electron chi connectivity index (χ3n) is 5.20. The molecule has 0 radical (unpaired) electrons. The van der Waals surface area contributed by atoms with Gasteiger partial charge in [-0.15, -0.1) is 0 Å². The summed E-state index contributed by atoms with van der Waals surface area (Å²) in [7, 11) is 0. The van der Waals surface area contributed by atoms with Gasteiger partial charge in [0.25, 0.3) is 11.6 Å². The number of unbranched alkanes of at least 4 members (excludes halogenated alkanes) is 2. The molecule has 2 aromatic heterocycles. The number of para-hydroxylation sites is 2. The summed E-state index contributed by atoms with van der Waals surface area (Å²) in [5.74, 6) is -0.250. The van der Waals surface area contributed by atoms with Crippen LogP contribution >= 0.6 is 0 Å². The Kier molecular flexibility index (Phi) is 5.77. The minimum atomic E-state index is -0.557. The van der Waals surface area contributed by atoms with Crippen molar-refractivity contribution in [2.24, 2.45) is 0 Å². The standard InChI is InChI=1S/C23H20N6O3/c1-2-3-6-12-28-21(27-23(30)15-8-7-9-16(13-15)29(31)32)17(14-24)20-22(28)26-19-11-5-4-10-18(19)25-20/h4-5,7-11,13H,2-3,6,12H2,1H3,(H,27,30). The Morgan fingerprint density at radius 3 is 2.59 bits per heavy atom. The molecule has 1 N–H and O–H groups in total. The summed E-state index contributed by atoms with van der Waals surface area (Å²) in [5.41, 5.74) is 2.43. The summed E-state index contributed by atoms with van der Waals surface area (Å²) in [6.45, 7) is 2.64. The molecule has 32 heavy (non-hydrogen) atoms. The molecule has 0 bridgehead atoms. The van der Waals surface area contributed by atoms with E-state index in [0.717, 1.165) is 19.3 Å². The molecule has 2 aromatic carbocycles. The van der Waals surface area contributed by atoms with E-state index in [1.54, 1.807) is 4.57 Å². The third-order valence-corrected chi connectivity index (χ3v) is 5.20. The Labute approximate surface area is 183 Å². The number of nitrogens with one attached hydrogen (secondary N) is 1. The van der Waals surface area contributed by atoms with Gasteiger partial charge >= 0.3 is 0 Å². The Bertz CT molecular complexity index is 1390. The van der Waals surface area contributed by atoms with E-state index in [-0.39, 0.29) is 16.8 Å². The van der Waals surface area contributed by atoms with Crippen molar-refractivity contribution in [3.8, 4) is 6.07 Å². The first-order valence-corrected chi connectivity index (χ1v) is 10.3. The summed E-state index contributed by atoms with van der Waals surface area (Å²) in [6, 6.07) is 15.0. The highest BCUT2D eigenvalue weighted by molar-refractivity contribution is 6.07. The molecule has 0 aliphatic rings. The molecule has 0 fully saturated rings. The molecule has 4 rings (SSSR count). The summed E-state index contributed by atoms with van der Waals surface area (Å²) < 4.78 is 1.80. The number of carbonyl (C=O) groups is 1. The van der Waals surface area contributed by atoms with Gasteiger partial charge in [-0.3, -0.25) is 14.9 Å². The number of carbonyl (C=O) groups excluding carboxylic acids is 1. The van der Waals surface area contributed by atoms with Gasteiger partial charge in [0, 0.05) is 24.2 Å². The number of nitriles is 1. The molecule has 1 amide bonds. The number of hydrogen-bond acceptors (Lipinski definition) is 6. The quantitative estimate of drug-likeness (QED) is 0.256. The molecule has 9 nitrogen and oxygen atoms in total. The van der Waals surface area contributed by atoms with E-state index in [9.17, 15) is 20.2 Å². The number of aromatic nitrogens is 3. The predicted molar refractivity (Wildman–Crippen MR) is 120 cm³/mol. The minimum absolute atomic E-state index is 0.125. The van der Waals surface area contributed by atoms with Crippen LogP contribution in [0.1, 0.15) is 42.1 Å². The highest BCUT2D eigenvalue weighted by atomic mass is 16.6. The summed E-state index contributed by atoms with van der Waals surface area (Å²) in [6.07, 6.45) is 2.81. The maximum atomic E-state index is 13.0. The van der Waals surface area contributed by atoms with Crippen molar-refractivity contribution >= 4 is 39.6 Å². The van der Waals surface area contributed by atoms with Crippen molar-refractivity contribution in [3.05, 3.63) is 69.8 Å². The lowest BCUT2D eigenvalue weighted by molar-refractivity contribution is -0.384. The lowest BCUT2D eigenvalue weighted by Gasteiger charge is -2.11. The number of benzene rings is 2. The number of anilines is 1. The molecule has 160 valence electrons. The van der Waals surface area contributed by atoms with Gasteiger partial charge in [0.2, 0.25) is 0 Å². The number of nitro groups is 1. The van der Waals surface area contributed by atoms with Crippen LogP contribution in [0.15, 0.2) is 48.5 Å². The lowest BCUT2D eigenvalue weighted by Crippen LogP contribution is -2.16. The van der Waals surface area contributed by atoms with Crippen LogP contribution in [-0.2, 0) is 6.54 Å². The second kappa shape index (κ2) is 8.81. The molecule has 0 saturated carbocycles. The maximum Gasteiger partial charge on any atom is 0.270 e. The van der Waals surface area contributed by atoms with Crippen molar-refractivity contribution in [1.29, 1.82) is 5.26 Å². The van der Waals surface area contributed by atoms with Crippen LogP contribution in [0.3, 0.4) is 0 Å². The van der Waals surface area contributed by atoms with Crippen LogP contribution < -0.4 is 5.32 Å². The number of fused-ring (bicyclic) bond motifs is 2. The summed E-state index contributed by atoms with van der Waals surface area (Å²) in [4.78, 5) is 32.8. The number of nitro benzene ring substituents is 1. The largest absolute Gasteiger partial charge is 0.309 e. The zero-order valence-electron chi connectivity index (χ0n) is 17.4. The Morgan fingerprint density at radius 1 is 1.16 bits per heavy atom. The lowest BCUT2D eigenvalue weighted by atomic mass is 10.2. The van der Waals surface area contributed by atoms with E-state index in [1.165, 1.54) is 24.3 Å². The van der Waals surface area contributed by atoms with E-state index in [0.29, 0.717) is 34.6 Å². The first-order valence-electron chi connectivity index (χ1n) is 10.3. The van der Waals surface area contributed by atoms with Gasteiger partial charge in [0.1, 0.15) is 23.0 Å². The molecule has 0 aliphatic heterocycles. The highest BCUT2D eigenvalue weighted by Crippen LogP contribution is 2.30. The molecule has 4 aromatic rings. The Morgan fingerprint density at radius 2 is 1.91 bits per heavy atom. The average Bonchev–Trinajstić information content (AvgIpc) is 3.09. The number of aryl methyl sites for hydroxylation is 1. The second-order valence-electron chi connectivity index (χ2n) is 7.34. The third kappa shape index (κ3) is 3.86. The first-order chi connectivity index (χ1) is 15.5. The van der Waals surface area contributed by atoms with E-state index in [1.807, 2.05) is 24.3 Å². The SMILES string of the molecule is CCCCCn1c(NC(=O)c2cccc([N+](=O)[O-])c2)c(C#N)c2nc3ccccc3nc21. The van der Waals surface area contributed by atoms with Gasteiger partial charge in [-0.2, -0.15) is 5.26 Å². The van der Waals surface area contributed by atoms with E-state index >= 15 is 0 Å². The molecule has 2 heterocycles. The van der Waals surface area contributed by atoms with Crippen LogP contribution in [-0.4, -0.2) is 25.4 Å². The van der Waals surface area contributed by atoms with Gasteiger partial charge in [-0.25, -0.2) is 9.97 Å². The molecule has 0 unspecified atom stereocenters. The fraction of sp³-hybridized carbons (Fsp3) is 0.217. The fourth-order valence-corrected chi connectivity index (χ4v) is 3.61. The van der Waals surface area contributed by atoms with Gasteiger partial charge in [0.15, 0.2) is 5.65 Å².